The number of hydrogen-bond acceptors (Lipinski definition) is 3. The first-order valence-electron chi connectivity index (χ1n) is 6.82. The largest absolute Gasteiger partial charge is 0.481 e. The van der Waals surface area contributed by atoms with E-state index in [1.807, 2.05) is 12.1 Å². The van der Waals surface area contributed by atoms with Gasteiger partial charge in [0.25, 0.3) is 0 Å². The van der Waals surface area contributed by atoms with Gasteiger partial charge in [0.1, 0.15) is 0 Å². The molecule has 19 heavy (non-hydrogen) atoms. The van der Waals surface area contributed by atoms with Crippen molar-refractivity contribution in [2.24, 2.45) is 11.3 Å². The maximum Gasteiger partial charge on any atom is 0.309 e. The lowest BCUT2D eigenvalue weighted by Gasteiger charge is -2.25. The van der Waals surface area contributed by atoms with E-state index in [4.69, 9.17) is 4.74 Å². The summed E-state index contributed by atoms with van der Waals surface area (Å²) in [4.78, 5) is 15.9. The van der Waals surface area contributed by atoms with Gasteiger partial charge in [0.05, 0.1) is 12.5 Å². The number of carboxylic acid groups (broad SMARTS) is 1. The molecule has 4 heteroatoms. The lowest BCUT2D eigenvalue weighted by atomic mass is 9.79. The second-order valence-electron chi connectivity index (χ2n) is 5.45. The fourth-order valence-corrected chi connectivity index (χ4v) is 3.12. The summed E-state index contributed by atoms with van der Waals surface area (Å²) in [5, 5.41) is 9.64. The molecule has 1 fully saturated rings. The predicted molar refractivity (Wildman–Crippen MR) is 72.2 cm³/mol. The number of nitrogens with zero attached hydrogens (tertiary/aromatic N) is 1. The summed E-state index contributed by atoms with van der Waals surface area (Å²) in [5.74, 6) is 0.385. The highest BCUT2D eigenvalue weighted by atomic mass is 16.5. The average Bonchev–Trinajstić information content (AvgIpc) is 2.84. The third-order valence-electron chi connectivity index (χ3n) is 4.31. The lowest BCUT2D eigenvalue weighted by Crippen LogP contribution is -2.31. The van der Waals surface area contributed by atoms with Crippen molar-refractivity contribution in [3.63, 3.8) is 0 Å². The number of methoxy groups -OCH3 is 1. The standard InChI is InChI=1S/C15H21NO3/c1-3-11-6-7-15(9-11,14(17)18)10-12-5-4-8-16-13(12)19-2/h4-5,8,11H,3,6-7,9-10H2,1-2H3,(H,17,18). The fraction of sp³-hybridized carbons (Fsp3) is 0.600. The normalized spacial score (nSPS) is 26.3. The minimum atomic E-state index is -0.686. The molecule has 104 valence electrons. The van der Waals surface area contributed by atoms with Crippen LogP contribution < -0.4 is 4.74 Å². The molecule has 0 radical (unpaired) electrons. The topological polar surface area (TPSA) is 59.4 Å². The Morgan fingerprint density at radius 3 is 3.00 bits per heavy atom. The van der Waals surface area contributed by atoms with Crippen molar-refractivity contribution in [3.05, 3.63) is 23.9 Å². The van der Waals surface area contributed by atoms with Crippen molar-refractivity contribution >= 4 is 5.97 Å². The lowest BCUT2D eigenvalue weighted by molar-refractivity contribution is -0.148. The van der Waals surface area contributed by atoms with Crippen LogP contribution in [0.3, 0.4) is 0 Å². The number of hydrogen-bond donors (Lipinski definition) is 1. The molecule has 1 aromatic heterocycles. The van der Waals surface area contributed by atoms with E-state index < -0.39 is 11.4 Å². The molecule has 4 nitrogen and oxygen atoms in total. The second-order valence-corrected chi connectivity index (χ2v) is 5.45. The predicted octanol–water partition coefficient (Wildman–Crippen LogP) is 2.91. The summed E-state index contributed by atoms with van der Waals surface area (Å²) in [5.41, 5.74) is 0.251. The monoisotopic (exact) mass is 263 g/mol. The molecule has 1 aliphatic carbocycles. The van der Waals surface area contributed by atoms with Crippen LogP contribution in [0.2, 0.25) is 0 Å². The Morgan fingerprint density at radius 2 is 2.42 bits per heavy atom. The zero-order valence-corrected chi connectivity index (χ0v) is 11.6. The van der Waals surface area contributed by atoms with Gasteiger partial charge in [0.2, 0.25) is 5.88 Å². The van der Waals surface area contributed by atoms with E-state index in [1.54, 1.807) is 13.3 Å². The molecule has 0 amide bonds. The molecule has 2 rings (SSSR count). The zero-order chi connectivity index (χ0) is 13.9. The van der Waals surface area contributed by atoms with Gasteiger partial charge in [-0.3, -0.25) is 4.79 Å². The summed E-state index contributed by atoms with van der Waals surface area (Å²) in [7, 11) is 1.57. The smallest absolute Gasteiger partial charge is 0.309 e. The van der Waals surface area contributed by atoms with Gasteiger partial charge in [-0.25, -0.2) is 4.98 Å². The van der Waals surface area contributed by atoms with Crippen LogP contribution in [0.5, 0.6) is 5.88 Å². The van der Waals surface area contributed by atoms with Crippen LogP contribution in [0.15, 0.2) is 18.3 Å². The molecule has 1 aromatic rings. The van der Waals surface area contributed by atoms with Gasteiger partial charge in [0.15, 0.2) is 0 Å². The first-order valence-corrected chi connectivity index (χ1v) is 6.82. The maximum absolute atomic E-state index is 11.7. The number of rotatable bonds is 5. The number of carbonyl (C=O) groups is 1. The van der Waals surface area contributed by atoms with Gasteiger partial charge in [-0.2, -0.15) is 0 Å². The summed E-state index contributed by atoms with van der Waals surface area (Å²) < 4.78 is 5.23. The van der Waals surface area contributed by atoms with E-state index in [-0.39, 0.29) is 0 Å². The molecule has 0 aromatic carbocycles. The SMILES string of the molecule is CCC1CCC(Cc2cccnc2OC)(C(=O)O)C1. The summed E-state index contributed by atoms with van der Waals surface area (Å²) in [6, 6.07) is 3.75. The number of ether oxygens (including phenoxy) is 1. The molecular formula is C15H21NO3. The molecule has 1 aliphatic rings. The van der Waals surface area contributed by atoms with E-state index in [9.17, 15) is 9.90 Å². The number of aliphatic carboxylic acids is 1. The Hall–Kier alpha value is -1.58. The van der Waals surface area contributed by atoms with Crippen LogP contribution in [0, 0.1) is 11.3 Å². The van der Waals surface area contributed by atoms with E-state index in [0.29, 0.717) is 18.2 Å². The third kappa shape index (κ3) is 2.72. The highest BCUT2D eigenvalue weighted by molar-refractivity contribution is 5.75. The van der Waals surface area contributed by atoms with Crippen molar-refractivity contribution < 1.29 is 14.6 Å². The Bertz CT molecular complexity index is 460. The van der Waals surface area contributed by atoms with Crippen molar-refractivity contribution in [1.29, 1.82) is 0 Å². The summed E-state index contributed by atoms with van der Waals surface area (Å²) >= 11 is 0. The average molecular weight is 263 g/mol. The third-order valence-corrected chi connectivity index (χ3v) is 4.31. The highest BCUT2D eigenvalue weighted by Crippen LogP contribution is 2.46. The Balaban J connectivity index is 2.25. The first-order chi connectivity index (χ1) is 9.11. The first kappa shape index (κ1) is 13.8. The van der Waals surface area contributed by atoms with Crippen LogP contribution in [0.25, 0.3) is 0 Å². The van der Waals surface area contributed by atoms with Crippen molar-refractivity contribution in [1.82, 2.24) is 4.98 Å². The maximum atomic E-state index is 11.7. The van der Waals surface area contributed by atoms with Gasteiger partial charge in [0, 0.05) is 11.8 Å². The second kappa shape index (κ2) is 5.59. The molecule has 0 saturated heterocycles. The molecule has 1 heterocycles. The van der Waals surface area contributed by atoms with E-state index in [2.05, 4.69) is 11.9 Å². The van der Waals surface area contributed by atoms with Gasteiger partial charge < -0.3 is 9.84 Å². The van der Waals surface area contributed by atoms with Gasteiger partial charge in [-0.15, -0.1) is 0 Å². The number of aromatic nitrogens is 1. The minimum absolute atomic E-state index is 0.510. The molecule has 0 spiro atoms. The molecule has 2 atom stereocenters. The van der Waals surface area contributed by atoms with Crippen LogP contribution in [0.1, 0.15) is 38.2 Å². The van der Waals surface area contributed by atoms with Crippen LogP contribution in [-0.2, 0) is 11.2 Å². The Kier molecular flexibility index (Phi) is 4.08. The highest BCUT2D eigenvalue weighted by Gasteiger charge is 2.45. The number of carboxylic acids is 1. The Morgan fingerprint density at radius 1 is 1.63 bits per heavy atom. The van der Waals surface area contributed by atoms with E-state index >= 15 is 0 Å². The zero-order valence-electron chi connectivity index (χ0n) is 11.6. The van der Waals surface area contributed by atoms with Crippen molar-refractivity contribution in [2.75, 3.05) is 7.11 Å². The van der Waals surface area contributed by atoms with Crippen LogP contribution in [-0.4, -0.2) is 23.2 Å². The summed E-state index contributed by atoms with van der Waals surface area (Å²) in [6.45, 7) is 2.13. The molecule has 0 aliphatic heterocycles. The van der Waals surface area contributed by atoms with Crippen molar-refractivity contribution in [2.45, 2.75) is 39.0 Å². The molecule has 2 unspecified atom stereocenters. The van der Waals surface area contributed by atoms with Crippen molar-refractivity contribution in [3.8, 4) is 5.88 Å². The van der Waals surface area contributed by atoms with Gasteiger partial charge in [-0.1, -0.05) is 19.4 Å². The van der Waals surface area contributed by atoms with Gasteiger partial charge in [-0.05, 0) is 37.7 Å². The Labute approximate surface area is 113 Å². The number of pyridine rings is 1. The quantitative estimate of drug-likeness (QED) is 0.887. The van der Waals surface area contributed by atoms with Crippen LogP contribution in [0.4, 0.5) is 0 Å². The molecule has 1 saturated carbocycles. The molecule has 0 bridgehead atoms. The fourth-order valence-electron chi connectivity index (χ4n) is 3.12. The van der Waals surface area contributed by atoms with Gasteiger partial charge >= 0.3 is 5.97 Å². The minimum Gasteiger partial charge on any atom is -0.481 e. The molecule has 1 N–H and O–H groups in total. The van der Waals surface area contributed by atoms with E-state index in [1.165, 1.54) is 0 Å². The van der Waals surface area contributed by atoms with E-state index in [0.717, 1.165) is 31.2 Å². The summed E-state index contributed by atoms with van der Waals surface area (Å²) in [6.07, 6.45) is 5.75. The van der Waals surface area contributed by atoms with Crippen LogP contribution >= 0.6 is 0 Å². The molecular weight excluding hydrogens is 242 g/mol.